The lowest BCUT2D eigenvalue weighted by Gasteiger charge is -2.22. The van der Waals surface area contributed by atoms with E-state index in [1.165, 1.54) is 4.90 Å². The van der Waals surface area contributed by atoms with E-state index < -0.39 is 12.0 Å². The molecular weight excluding hydrogens is 410 g/mol. The largest absolute Gasteiger partial charge is 0.273 e. The predicted molar refractivity (Wildman–Crippen MR) is 123 cm³/mol. The average Bonchev–Trinajstić information content (AvgIpc) is 3.31. The molecule has 152 valence electrons. The van der Waals surface area contributed by atoms with Gasteiger partial charge in [-0.25, -0.2) is 4.90 Å². The number of carbonyl (C=O) groups is 2. The van der Waals surface area contributed by atoms with Crippen LogP contribution in [0.1, 0.15) is 5.56 Å². The second kappa shape index (κ2) is 7.85. The SMILES string of the molecule is O=C1[C@@H]2C(/C=C\c3ccccc3)=NN(c3ccccc3)[C@H]2C(=O)N1c1ccc(Cl)cc1. The topological polar surface area (TPSA) is 53.0 Å². The zero-order valence-electron chi connectivity index (χ0n) is 16.4. The molecule has 0 saturated carbocycles. The fraction of sp³-hybridized carbons (Fsp3) is 0.0800. The molecule has 6 heteroatoms. The minimum atomic E-state index is -0.721. The Hall–Kier alpha value is -3.70. The number of halogens is 1. The zero-order chi connectivity index (χ0) is 21.4. The van der Waals surface area contributed by atoms with E-state index >= 15 is 0 Å². The molecule has 2 aliphatic heterocycles. The van der Waals surface area contributed by atoms with Crippen LogP contribution in [0, 0.1) is 5.92 Å². The number of anilines is 2. The Morgan fingerprint density at radius 1 is 0.742 bits per heavy atom. The second-order valence-corrected chi connectivity index (χ2v) is 7.80. The molecule has 2 atom stereocenters. The lowest BCUT2D eigenvalue weighted by Crippen LogP contribution is -2.39. The van der Waals surface area contributed by atoms with Crippen LogP contribution < -0.4 is 9.91 Å². The molecule has 0 aromatic heterocycles. The maximum absolute atomic E-state index is 13.4. The van der Waals surface area contributed by atoms with E-state index in [1.54, 1.807) is 29.3 Å². The van der Waals surface area contributed by atoms with Crippen molar-refractivity contribution in [3.8, 4) is 0 Å². The van der Waals surface area contributed by atoms with Crippen molar-refractivity contribution in [2.24, 2.45) is 11.0 Å². The Balaban J connectivity index is 1.56. The lowest BCUT2D eigenvalue weighted by atomic mass is 9.97. The molecule has 0 spiro atoms. The number of rotatable bonds is 4. The highest BCUT2D eigenvalue weighted by Gasteiger charge is 2.56. The van der Waals surface area contributed by atoms with Gasteiger partial charge in [-0.2, -0.15) is 5.10 Å². The van der Waals surface area contributed by atoms with Crippen LogP contribution in [0.2, 0.25) is 5.02 Å². The fourth-order valence-electron chi connectivity index (χ4n) is 3.97. The van der Waals surface area contributed by atoms with Gasteiger partial charge in [0.25, 0.3) is 5.91 Å². The van der Waals surface area contributed by atoms with Crippen LogP contribution in [-0.4, -0.2) is 23.6 Å². The summed E-state index contributed by atoms with van der Waals surface area (Å²) in [4.78, 5) is 28.1. The number of allylic oxidation sites excluding steroid dienone is 1. The highest BCUT2D eigenvalue weighted by atomic mass is 35.5. The minimum absolute atomic E-state index is 0.285. The summed E-state index contributed by atoms with van der Waals surface area (Å²) in [6.45, 7) is 0. The lowest BCUT2D eigenvalue weighted by molar-refractivity contribution is -0.121. The van der Waals surface area contributed by atoms with Crippen LogP contribution >= 0.6 is 11.6 Å². The van der Waals surface area contributed by atoms with Gasteiger partial charge < -0.3 is 0 Å². The third kappa shape index (κ3) is 3.43. The monoisotopic (exact) mass is 427 g/mol. The normalized spacial score (nSPS) is 20.5. The maximum atomic E-state index is 13.4. The van der Waals surface area contributed by atoms with Crippen molar-refractivity contribution >= 4 is 46.6 Å². The third-order valence-corrected chi connectivity index (χ3v) is 5.68. The number of imide groups is 1. The van der Waals surface area contributed by atoms with Crippen LogP contribution in [0.15, 0.2) is 96.1 Å². The van der Waals surface area contributed by atoms with E-state index in [0.29, 0.717) is 16.4 Å². The van der Waals surface area contributed by atoms with Crippen molar-refractivity contribution in [1.29, 1.82) is 0 Å². The van der Waals surface area contributed by atoms with Crippen LogP contribution in [0.25, 0.3) is 6.08 Å². The van der Waals surface area contributed by atoms with Crippen molar-refractivity contribution in [2.45, 2.75) is 6.04 Å². The molecule has 0 radical (unpaired) electrons. The quantitative estimate of drug-likeness (QED) is 0.562. The van der Waals surface area contributed by atoms with Gasteiger partial charge in [0.1, 0.15) is 12.0 Å². The van der Waals surface area contributed by atoms with Gasteiger partial charge in [-0.15, -0.1) is 0 Å². The van der Waals surface area contributed by atoms with Crippen molar-refractivity contribution < 1.29 is 9.59 Å². The number of carbonyl (C=O) groups excluding carboxylic acids is 2. The number of hydrogen-bond acceptors (Lipinski definition) is 4. The number of benzene rings is 3. The minimum Gasteiger partial charge on any atom is -0.273 e. The zero-order valence-corrected chi connectivity index (χ0v) is 17.2. The van der Waals surface area contributed by atoms with Gasteiger partial charge in [-0.3, -0.25) is 14.6 Å². The molecule has 5 nitrogen and oxygen atoms in total. The Bertz CT molecular complexity index is 1190. The molecule has 31 heavy (non-hydrogen) atoms. The molecule has 1 saturated heterocycles. The van der Waals surface area contributed by atoms with Crippen molar-refractivity contribution in [3.63, 3.8) is 0 Å². The third-order valence-electron chi connectivity index (χ3n) is 5.43. The number of amides is 2. The van der Waals surface area contributed by atoms with Crippen molar-refractivity contribution in [1.82, 2.24) is 0 Å². The number of hydrazone groups is 1. The number of fused-ring (bicyclic) bond motifs is 1. The summed E-state index contributed by atoms with van der Waals surface area (Å²) in [6.07, 6.45) is 3.74. The summed E-state index contributed by atoms with van der Waals surface area (Å²) in [5, 5.41) is 6.88. The summed E-state index contributed by atoms with van der Waals surface area (Å²) in [7, 11) is 0. The van der Waals surface area contributed by atoms with E-state index in [2.05, 4.69) is 5.10 Å². The van der Waals surface area contributed by atoms with E-state index in [4.69, 9.17) is 11.6 Å². The van der Waals surface area contributed by atoms with Crippen LogP contribution in [-0.2, 0) is 9.59 Å². The Labute approximate surface area is 184 Å². The number of hydrogen-bond donors (Lipinski definition) is 0. The number of para-hydroxylation sites is 1. The highest BCUT2D eigenvalue weighted by Crippen LogP contribution is 2.38. The van der Waals surface area contributed by atoms with Crippen molar-refractivity contribution in [3.05, 3.63) is 102 Å². The van der Waals surface area contributed by atoms with Crippen LogP contribution in [0.5, 0.6) is 0 Å². The Morgan fingerprint density at radius 2 is 1.39 bits per heavy atom. The maximum Gasteiger partial charge on any atom is 0.259 e. The van der Waals surface area contributed by atoms with Gasteiger partial charge in [0.15, 0.2) is 0 Å². The van der Waals surface area contributed by atoms with E-state index in [1.807, 2.05) is 72.8 Å². The molecule has 2 aliphatic rings. The molecule has 2 amide bonds. The van der Waals surface area contributed by atoms with E-state index in [-0.39, 0.29) is 11.8 Å². The standard InChI is InChI=1S/C25H18ClN3O2/c26-18-12-14-19(15-13-18)28-24(30)22-21(16-11-17-7-3-1-4-8-17)27-29(23(22)25(28)31)20-9-5-2-6-10-20/h1-16,22-23H/b16-11-/t22-,23-/m1/s1. The highest BCUT2D eigenvalue weighted by molar-refractivity contribution is 6.34. The van der Waals surface area contributed by atoms with Crippen LogP contribution in [0.4, 0.5) is 11.4 Å². The molecular formula is C25H18ClN3O2. The second-order valence-electron chi connectivity index (χ2n) is 7.36. The molecule has 3 aromatic rings. The van der Waals surface area contributed by atoms with Crippen LogP contribution in [0.3, 0.4) is 0 Å². The summed E-state index contributed by atoms with van der Waals surface area (Å²) < 4.78 is 0. The van der Waals surface area contributed by atoms with Gasteiger partial charge in [-0.05, 0) is 48.0 Å². The first-order chi connectivity index (χ1) is 15.1. The molecule has 5 rings (SSSR count). The van der Waals surface area contributed by atoms with Gasteiger partial charge in [0, 0.05) is 5.02 Å². The van der Waals surface area contributed by atoms with Gasteiger partial charge in [0.2, 0.25) is 5.91 Å². The average molecular weight is 428 g/mol. The molecule has 0 bridgehead atoms. The molecule has 0 unspecified atom stereocenters. The summed E-state index contributed by atoms with van der Waals surface area (Å²) in [5.74, 6) is -1.26. The summed E-state index contributed by atoms with van der Waals surface area (Å²) >= 11 is 5.99. The molecule has 3 aromatic carbocycles. The summed E-state index contributed by atoms with van der Waals surface area (Å²) in [6, 6.07) is 25.2. The Kier molecular flexibility index (Phi) is 4.88. The first-order valence-corrected chi connectivity index (χ1v) is 10.3. The molecule has 0 aliphatic carbocycles. The first-order valence-electron chi connectivity index (χ1n) is 9.93. The van der Waals surface area contributed by atoms with Gasteiger partial charge in [-0.1, -0.05) is 66.2 Å². The first kappa shape index (κ1) is 19.3. The summed E-state index contributed by atoms with van der Waals surface area (Å²) in [5.41, 5.74) is 2.83. The van der Waals surface area contributed by atoms with Crippen molar-refractivity contribution in [2.75, 3.05) is 9.91 Å². The number of nitrogens with zero attached hydrogens (tertiary/aromatic N) is 3. The molecule has 1 fully saturated rings. The smallest absolute Gasteiger partial charge is 0.259 e. The van der Waals surface area contributed by atoms with Gasteiger partial charge in [0.05, 0.1) is 17.1 Å². The van der Waals surface area contributed by atoms with E-state index in [0.717, 1.165) is 11.3 Å². The fourth-order valence-corrected chi connectivity index (χ4v) is 4.09. The predicted octanol–water partition coefficient (Wildman–Crippen LogP) is 4.79. The van der Waals surface area contributed by atoms with E-state index in [9.17, 15) is 9.59 Å². The molecule has 0 N–H and O–H groups in total. The Morgan fingerprint density at radius 3 is 2.06 bits per heavy atom. The van der Waals surface area contributed by atoms with Gasteiger partial charge >= 0.3 is 0 Å². The molecule has 2 heterocycles.